The van der Waals surface area contributed by atoms with Crippen LogP contribution in [0.5, 0.6) is 0 Å². The number of aliphatic imine (C=N–C) groups is 1. The van der Waals surface area contributed by atoms with Crippen LogP contribution in [0.15, 0.2) is 4.99 Å². The molecule has 0 aliphatic heterocycles. The number of nitrogens with zero attached hydrogens (tertiary/aromatic N) is 1. The molecule has 4 bridgehead atoms. The van der Waals surface area contributed by atoms with E-state index in [4.69, 9.17) is 0 Å². The average Bonchev–Trinajstić information content (AvgIpc) is 1.97. The third-order valence-corrected chi connectivity index (χ3v) is 4.93. The molecular formula is C13H21N. The largest absolute Gasteiger partial charge is 0.294 e. The first-order chi connectivity index (χ1) is 6.47. The van der Waals surface area contributed by atoms with Crippen LogP contribution in [0.4, 0.5) is 0 Å². The van der Waals surface area contributed by atoms with Crippen molar-refractivity contribution in [1.82, 2.24) is 0 Å². The SMILES string of the molecule is C=NC12CC3C[C@@](C)(C1)C[C@](C)(C3)C2. The number of hydrogen-bond acceptors (Lipinski definition) is 1. The van der Waals surface area contributed by atoms with Crippen molar-refractivity contribution < 1.29 is 0 Å². The van der Waals surface area contributed by atoms with Gasteiger partial charge in [-0.2, -0.15) is 0 Å². The van der Waals surface area contributed by atoms with Crippen molar-refractivity contribution in [1.29, 1.82) is 0 Å². The highest BCUT2D eigenvalue weighted by Gasteiger charge is 2.59. The van der Waals surface area contributed by atoms with Gasteiger partial charge in [0.15, 0.2) is 0 Å². The molecule has 2 unspecified atom stereocenters. The Bertz CT molecular complexity index is 276. The lowest BCUT2D eigenvalue weighted by atomic mass is 9.43. The van der Waals surface area contributed by atoms with Crippen LogP contribution in [0.1, 0.15) is 52.4 Å². The lowest BCUT2D eigenvalue weighted by Gasteiger charge is -2.64. The van der Waals surface area contributed by atoms with E-state index in [0.717, 1.165) is 5.92 Å². The molecule has 4 saturated carbocycles. The van der Waals surface area contributed by atoms with Gasteiger partial charge < -0.3 is 0 Å². The Morgan fingerprint density at radius 3 is 2.00 bits per heavy atom. The monoisotopic (exact) mass is 191 g/mol. The lowest BCUT2D eigenvalue weighted by Crippen LogP contribution is -2.57. The normalized spacial score (nSPS) is 60.3. The van der Waals surface area contributed by atoms with Crippen molar-refractivity contribution in [2.45, 2.75) is 57.9 Å². The van der Waals surface area contributed by atoms with Crippen molar-refractivity contribution in [3.05, 3.63) is 0 Å². The maximum atomic E-state index is 4.52. The van der Waals surface area contributed by atoms with E-state index < -0.39 is 0 Å². The molecule has 0 heterocycles. The third-order valence-electron chi connectivity index (χ3n) is 4.93. The van der Waals surface area contributed by atoms with E-state index in [-0.39, 0.29) is 5.54 Å². The Hall–Kier alpha value is -0.330. The van der Waals surface area contributed by atoms with Gasteiger partial charge in [0, 0.05) is 0 Å². The van der Waals surface area contributed by atoms with Crippen LogP contribution in [0, 0.1) is 16.7 Å². The zero-order valence-electron chi connectivity index (χ0n) is 9.47. The predicted molar refractivity (Wildman–Crippen MR) is 59.7 cm³/mol. The van der Waals surface area contributed by atoms with E-state index in [1.54, 1.807) is 0 Å². The van der Waals surface area contributed by atoms with E-state index in [0.29, 0.717) is 10.8 Å². The number of rotatable bonds is 1. The Morgan fingerprint density at radius 2 is 1.57 bits per heavy atom. The highest BCUT2D eigenvalue weighted by molar-refractivity contribution is 5.29. The first-order valence-electron chi connectivity index (χ1n) is 5.95. The first kappa shape index (κ1) is 8.94. The molecule has 0 saturated heterocycles. The molecule has 4 aliphatic rings. The number of hydrogen-bond donors (Lipinski definition) is 0. The molecular weight excluding hydrogens is 170 g/mol. The molecule has 0 aromatic rings. The van der Waals surface area contributed by atoms with Gasteiger partial charge in [0.2, 0.25) is 0 Å². The van der Waals surface area contributed by atoms with E-state index in [2.05, 4.69) is 25.6 Å². The minimum atomic E-state index is 0.281. The summed E-state index contributed by atoms with van der Waals surface area (Å²) in [6, 6.07) is 0. The first-order valence-corrected chi connectivity index (χ1v) is 5.95. The van der Waals surface area contributed by atoms with Gasteiger partial charge in [-0.1, -0.05) is 13.8 Å². The van der Waals surface area contributed by atoms with Crippen LogP contribution < -0.4 is 0 Å². The summed E-state index contributed by atoms with van der Waals surface area (Å²) in [6.45, 7) is 8.83. The standard InChI is InChI=1S/C13H21N/c1-11-4-10-5-12(2,7-11)9-13(6-10,8-11)14-3/h10H,3-9H2,1-2H3/t10?,11-,12+,13?. The van der Waals surface area contributed by atoms with Crippen LogP contribution in [0.25, 0.3) is 0 Å². The Morgan fingerprint density at radius 1 is 1.00 bits per heavy atom. The summed E-state index contributed by atoms with van der Waals surface area (Å²) in [4.78, 5) is 4.52. The summed E-state index contributed by atoms with van der Waals surface area (Å²) in [6.07, 6.45) is 8.32. The second kappa shape index (κ2) is 2.25. The van der Waals surface area contributed by atoms with Crippen LogP contribution in [0.2, 0.25) is 0 Å². The fourth-order valence-electron chi connectivity index (χ4n) is 5.56. The summed E-state index contributed by atoms with van der Waals surface area (Å²) < 4.78 is 0. The summed E-state index contributed by atoms with van der Waals surface area (Å²) in [5.41, 5.74) is 1.47. The molecule has 4 fully saturated rings. The van der Waals surface area contributed by atoms with Crippen LogP contribution >= 0.6 is 0 Å². The molecule has 0 aromatic carbocycles. The lowest BCUT2D eigenvalue weighted by molar-refractivity contribution is -0.103. The summed E-state index contributed by atoms with van der Waals surface area (Å²) >= 11 is 0. The zero-order valence-corrected chi connectivity index (χ0v) is 9.47. The molecule has 0 spiro atoms. The van der Waals surface area contributed by atoms with E-state index in [1.807, 2.05) is 0 Å². The summed E-state index contributed by atoms with van der Waals surface area (Å²) in [5.74, 6) is 0.951. The zero-order chi connectivity index (χ0) is 10.0. The van der Waals surface area contributed by atoms with Crippen LogP contribution in [0.3, 0.4) is 0 Å². The summed E-state index contributed by atoms with van der Waals surface area (Å²) in [7, 11) is 0. The average molecular weight is 191 g/mol. The van der Waals surface area contributed by atoms with E-state index >= 15 is 0 Å². The molecule has 0 amide bonds. The fraction of sp³-hybridized carbons (Fsp3) is 0.923. The minimum Gasteiger partial charge on any atom is -0.294 e. The molecule has 1 nitrogen and oxygen atoms in total. The highest BCUT2D eigenvalue weighted by Crippen LogP contribution is 2.67. The second-order valence-electron chi connectivity index (χ2n) is 7.01. The third kappa shape index (κ3) is 1.04. The van der Waals surface area contributed by atoms with Gasteiger partial charge in [0.05, 0.1) is 5.54 Å². The quantitative estimate of drug-likeness (QED) is 0.563. The van der Waals surface area contributed by atoms with Crippen LogP contribution in [-0.4, -0.2) is 12.3 Å². The molecule has 0 aromatic heterocycles. The fourth-order valence-corrected chi connectivity index (χ4v) is 5.56. The maximum Gasteiger partial charge on any atom is 0.0614 e. The molecule has 4 atom stereocenters. The molecule has 14 heavy (non-hydrogen) atoms. The Balaban J connectivity index is 2.05. The van der Waals surface area contributed by atoms with E-state index in [1.165, 1.54) is 38.5 Å². The van der Waals surface area contributed by atoms with Crippen LogP contribution in [-0.2, 0) is 0 Å². The van der Waals surface area contributed by atoms with Gasteiger partial charge in [0.25, 0.3) is 0 Å². The molecule has 1 heteroatoms. The Labute approximate surface area is 87.0 Å². The van der Waals surface area contributed by atoms with Crippen molar-refractivity contribution in [3.63, 3.8) is 0 Å². The topological polar surface area (TPSA) is 12.4 Å². The highest BCUT2D eigenvalue weighted by atomic mass is 14.9. The molecule has 78 valence electrons. The van der Waals surface area contributed by atoms with Gasteiger partial charge in [0.1, 0.15) is 0 Å². The molecule has 4 rings (SSSR count). The van der Waals surface area contributed by atoms with Gasteiger partial charge in [-0.15, -0.1) is 0 Å². The van der Waals surface area contributed by atoms with Gasteiger partial charge >= 0.3 is 0 Å². The molecule has 0 radical (unpaired) electrons. The maximum absolute atomic E-state index is 4.52. The van der Waals surface area contributed by atoms with Crippen molar-refractivity contribution >= 4 is 6.72 Å². The van der Waals surface area contributed by atoms with E-state index in [9.17, 15) is 0 Å². The van der Waals surface area contributed by atoms with Gasteiger partial charge in [-0.05, 0) is 62.0 Å². The van der Waals surface area contributed by atoms with Crippen molar-refractivity contribution in [2.24, 2.45) is 21.7 Å². The minimum absolute atomic E-state index is 0.281. The van der Waals surface area contributed by atoms with Gasteiger partial charge in [-0.3, -0.25) is 4.99 Å². The molecule has 4 aliphatic carbocycles. The Kier molecular flexibility index (Phi) is 1.44. The predicted octanol–water partition coefficient (Wildman–Crippen LogP) is 3.44. The molecule has 0 N–H and O–H groups in total. The summed E-state index contributed by atoms with van der Waals surface area (Å²) in [5, 5.41) is 0. The van der Waals surface area contributed by atoms with Crippen molar-refractivity contribution in [3.8, 4) is 0 Å². The van der Waals surface area contributed by atoms with Gasteiger partial charge in [-0.25, -0.2) is 0 Å². The second-order valence-corrected chi connectivity index (χ2v) is 7.01. The van der Waals surface area contributed by atoms with Crippen molar-refractivity contribution in [2.75, 3.05) is 0 Å². The smallest absolute Gasteiger partial charge is 0.0614 e.